The molecular weight excluding hydrogens is 679 g/mol. The lowest BCUT2D eigenvalue weighted by Gasteiger charge is -2.31. The minimum Gasteiger partial charge on any atom is -0.477 e. The summed E-state index contributed by atoms with van der Waals surface area (Å²) in [5.74, 6) is -1.55. The Kier molecular flexibility index (Phi) is 34.9. The Morgan fingerprint density at radius 1 is 0.574 bits per heavy atom. The van der Waals surface area contributed by atoms with Gasteiger partial charge in [0, 0.05) is 19.3 Å². The summed E-state index contributed by atoms with van der Waals surface area (Å²) in [6.45, 7) is 4.55. The van der Waals surface area contributed by atoms with E-state index in [1.165, 1.54) is 64.2 Å². The summed E-state index contributed by atoms with van der Waals surface area (Å²) in [7, 11) is 5.50. The van der Waals surface area contributed by atoms with Gasteiger partial charge in [0.05, 0.1) is 34.4 Å². The van der Waals surface area contributed by atoms with Crippen molar-refractivity contribution in [2.75, 3.05) is 41.0 Å². The van der Waals surface area contributed by atoms with Crippen LogP contribution in [0.3, 0.4) is 0 Å². The number of likely N-dealkylation sites (N-methyl/N-ethyl adjacent to an activating group) is 1. The average Bonchev–Trinajstić information content (AvgIpc) is 3.12. The molecule has 0 bridgehead atoms. The molecule has 8 nitrogen and oxygen atoms in total. The fraction of sp³-hybridized carbons (Fsp3) is 0.717. The van der Waals surface area contributed by atoms with Gasteiger partial charge < -0.3 is 23.8 Å². The maximum absolute atomic E-state index is 12.7. The molecule has 0 aliphatic carbocycles. The number of nitrogens with zero attached hydrogens (tertiary/aromatic N) is 1. The fourth-order valence-electron chi connectivity index (χ4n) is 5.89. The SMILES string of the molecule is CC/C=C\C/C=C\C/C=C\C/C=C\C/C=C\CCCC(=O)OC(COCCC(C(=O)O)[N+](C)(C)C)COC(=O)CCCCCCCCCCCCCCC. The Balaban J connectivity index is 4.48. The van der Waals surface area contributed by atoms with E-state index >= 15 is 0 Å². The Hall–Kier alpha value is -2.97. The topological polar surface area (TPSA) is 99.1 Å². The van der Waals surface area contributed by atoms with Crippen molar-refractivity contribution in [2.45, 2.75) is 174 Å². The normalized spacial score (nSPS) is 13.6. The van der Waals surface area contributed by atoms with Gasteiger partial charge in [0.15, 0.2) is 12.1 Å². The van der Waals surface area contributed by atoms with E-state index in [4.69, 9.17) is 14.2 Å². The van der Waals surface area contributed by atoms with Gasteiger partial charge in [0.1, 0.15) is 6.61 Å². The van der Waals surface area contributed by atoms with Crippen molar-refractivity contribution in [1.82, 2.24) is 0 Å². The number of carbonyl (C=O) groups excluding carboxylic acids is 2. The quantitative estimate of drug-likeness (QED) is 0.0291. The van der Waals surface area contributed by atoms with Crippen molar-refractivity contribution in [3.05, 3.63) is 60.8 Å². The largest absolute Gasteiger partial charge is 0.477 e. The molecule has 8 heteroatoms. The van der Waals surface area contributed by atoms with Crippen LogP contribution in [0.2, 0.25) is 0 Å². The van der Waals surface area contributed by atoms with Gasteiger partial charge in [-0.1, -0.05) is 152 Å². The summed E-state index contributed by atoms with van der Waals surface area (Å²) in [5.41, 5.74) is 0. The molecule has 0 heterocycles. The highest BCUT2D eigenvalue weighted by Gasteiger charge is 2.31. The highest BCUT2D eigenvalue weighted by molar-refractivity contribution is 5.72. The summed E-state index contributed by atoms with van der Waals surface area (Å²) in [6, 6.07) is -0.625. The van der Waals surface area contributed by atoms with E-state index in [-0.39, 0.29) is 42.7 Å². The van der Waals surface area contributed by atoms with E-state index < -0.39 is 18.1 Å². The van der Waals surface area contributed by atoms with Gasteiger partial charge in [0.25, 0.3) is 0 Å². The molecule has 0 aliphatic rings. The molecule has 0 amide bonds. The van der Waals surface area contributed by atoms with Crippen LogP contribution in [0.5, 0.6) is 0 Å². The number of allylic oxidation sites excluding steroid dienone is 10. The third-order valence-electron chi connectivity index (χ3n) is 9.18. The summed E-state index contributed by atoms with van der Waals surface area (Å²) < 4.78 is 17.2. The van der Waals surface area contributed by atoms with Crippen LogP contribution < -0.4 is 0 Å². The molecule has 0 spiro atoms. The maximum Gasteiger partial charge on any atom is 0.362 e. The van der Waals surface area contributed by atoms with Crippen LogP contribution in [0.15, 0.2) is 60.8 Å². The van der Waals surface area contributed by atoms with Crippen LogP contribution in [-0.4, -0.2) is 80.6 Å². The number of aliphatic carboxylic acids is 1. The Morgan fingerprint density at radius 2 is 1.04 bits per heavy atom. The number of carboxylic acid groups (broad SMARTS) is 1. The lowest BCUT2D eigenvalue weighted by atomic mass is 10.0. The molecule has 1 N–H and O–H groups in total. The van der Waals surface area contributed by atoms with E-state index in [0.29, 0.717) is 19.3 Å². The Bertz CT molecular complexity index is 1070. The number of quaternary nitrogens is 1. The van der Waals surface area contributed by atoms with Crippen LogP contribution in [-0.2, 0) is 28.6 Å². The van der Waals surface area contributed by atoms with Gasteiger partial charge in [-0.05, 0) is 51.4 Å². The first kappa shape index (κ1) is 51.0. The minimum absolute atomic E-state index is 0.0377. The number of carbonyl (C=O) groups is 3. The average molecular weight is 759 g/mol. The standard InChI is InChI=1S/C46H79NO7/c1-6-8-10-12-14-16-18-20-21-22-23-25-27-29-31-33-35-37-45(49)54-42(40-52-39-38-43(46(50)51)47(3,4)5)41-53-44(48)36-34-32-30-28-26-24-19-17-15-13-11-9-7-2/h8,10,14,16,20-21,23,25,29,31,42-43H,6-7,9,11-13,15,17-19,22,24,26-28,30,32-41H2,1-5H3/p+1/b10-8-,16-14-,21-20-,25-23-,31-29-. The molecule has 310 valence electrons. The highest BCUT2D eigenvalue weighted by atomic mass is 16.6. The molecule has 0 fully saturated rings. The van der Waals surface area contributed by atoms with Gasteiger partial charge in [-0.2, -0.15) is 0 Å². The predicted molar refractivity (Wildman–Crippen MR) is 224 cm³/mol. The minimum atomic E-state index is -0.885. The summed E-state index contributed by atoms with van der Waals surface area (Å²) >= 11 is 0. The van der Waals surface area contributed by atoms with Gasteiger partial charge in [0.2, 0.25) is 0 Å². The number of hydrogen-bond acceptors (Lipinski definition) is 6. The van der Waals surface area contributed by atoms with E-state index in [2.05, 4.69) is 74.6 Å². The van der Waals surface area contributed by atoms with Crippen molar-refractivity contribution < 1.29 is 38.2 Å². The highest BCUT2D eigenvalue weighted by Crippen LogP contribution is 2.14. The smallest absolute Gasteiger partial charge is 0.362 e. The first-order chi connectivity index (χ1) is 26.1. The molecule has 0 saturated heterocycles. The molecule has 0 aromatic rings. The molecule has 0 saturated carbocycles. The zero-order valence-electron chi connectivity index (χ0n) is 35.2. The van der Waals surface area contributed by atoms with E-state index in [1.807, 2.05) is 21.1 Å². The Morgan fingerprint density at radius 3 is 1.52 bits per heavy atom. The number of carboxylic acids is 1. The third kappa shape index (κ3) is 34.8. The second-order valence-corrected chi connectivity index (χ2v) is 15.2. The number of hydrogen-bond donors (Lipinski definition) is 1. The van der Waals surface area contributed by atoms with Crippen molar-refractivity contribution >= 4 is 17.9 Å². The van der Waals surface area contributed by atoms with Crippen molar-refractivity contribution in [3.63, 3.8) is 0 Å². The molecule has 54 heavy (non-hydrogen) atoms. The van der Waals surface area contributed by atoms with Gasteiger partial charge in [-0.25, -0.2) is 4.79 Å². The number of unbranched alkanes of at least 4 members (excludes halogenated alkanes) is 13. The van der Waals surface area contributed by atoms with E-state index in [1.54, 1.807) is 0 Å². The van der Waals surface area contributed by atoms with Crippen LogP contribution >= 0.6 is 0 Å². The van der Waals surface area contributed by atoms with Crippen LogP contribution in [0, 0.1) is 0 Å². The molecule has 0 radical (unpaired) electrons. The molecular formula is C46H80NO7+. The Labute approximate surface area is 330 Å². The van der Waals surface area contributed by atoms with Crippen LogP contribution in [0.1, 0.15) is 162 Å². The summed E-state index contributed by atoms with van der Waals surface area (Å²) in [4.78, 5) is 36.9. The van der Waals surface area contributed by atoms with Crippen molar-refractivity contribution in [1.29, 1.82) is 0 Å². The molecule has 2 unspecified atom stereocenters. The van der Waals surface area contributed by atoms with Crippen LogP contribution in [0.4, 0.5) is 0 Å². The van der Waals surface area contributed by atoms with Crippen LogP contribution in [0.25, 0.3) is 0 Å². The van der Waals surface area contributed by atoms with E-state index in [9.17, 15) is 19.5 Å². The van der Waals surface area contributed by atoms with E-state index in [0.717, 1.165) is 57.8 Å². The van der Waals surface area contributed by atoms with Crippen molar-refractivity contribution in [3.8, 4) is 0 Å². The zero-order chi connectivity index (χ0) is 40.0. The van der Waals surface area contributed by atoms with Crippen molar-refractivity contribution in [2.24, 2.45) is 0 Å². The number of esters is 2. The van der Waals surface area contributed by atoms with Gasteiger partial charge in [-0.3, -0.25) is 9.59 Å². The first-order valence-corrected chi connectivity index (χ1v) is 21.3. The molecule has 2 atom stereocenters. The van der Waals surface area contributed by atoms with Gasteiger partial charge in [-0.15, -0.1) is 0 Å². The first-order valence-electron chi connectivity index (χ1n) is 21.3. The molecule has 0 aliphatic heterocycles. The monoisotopic (exact) mass is 759 g/mol. The second kappa shape index (κ2) is 37.0. The summed E-state index contributed by atoms with van der Waals surface area (Å²) in [5, 5.41) is 9.60. The molecule has 0 aromatic heterocycles. The lowest BCUT2D eigenvalue weighted by molar-refractivity contribution is -0.887. The fourth-order valence-corrected chi connectivity index (χ4v) is 5.89. The third-order valence-corrected chi connectivity index (χ3v) is 9.18. The number of rotatable bonds is 37. The lowest BCUT2D eigenvalue weighted by Crippen LogP contribution is -2.50. The zero-order valence-corrected chi connectivity index (χ0v) is 35.2. The molecule has 0 aromatic carbocycles. The molecule has 0 rings (SSSR count). The van der Waals surface area contributed by atoms with Gasteiger partial charge >= 0.3 is 17.9 Å². The number of ether oxygens (including phenoxy) is 3. The predicted octanol–water partition coefficient (Wildman–Crippen LogP) is 11.4. The summed E-state index contributed by atoms with van der Waals surface area (Å²) in [6.07, 6.45) is 44.1. The second-order valence-electron chi connectivity index (χ2n) is 15.2. The maximum atomic E-state index is 12.7.